The van der Waals surface area contributed by atoms with Gasteiger partial charge in [-0.15, -0.1) is 11.8 Å². The van der Waals surface area contributed by atoms with E-state index in [9.17, 15) is 0 Å². The summed E-state index contributed by atoms with van der Waals surface area (Å²) in [6.45, 7) is 7.02. The molecule has 1 aromatic rings. The molecule has 0 amide bonds. The van der Waals surface area contributed by atoms with E-state index in [1.807, 2.05) is 11.8 Å². The highest BCUT2D eigenvalue weighted by atomic mass is 32.2. The van der Waals surface area contributed by atoms with Crippen LogP contribution >= 0.6 is 11.8 Å². The van der Waals surface area contributed by atoms with Crippen LogP contribution in [0.4, 0.5) is 0 Å². The molecule has 2 atom stereocenters. The molecule has 2 unspecified atom stereocenters. The average Bonchev–Trinajstić information content (AvgIpc) is 3.07. The summed E-state index contributed by atoms with van der Waals surface area (Å²) < 4.78 is 0. The summed E-state index contributed by atoms with van der Waals surface area (Å²) in [6, 6.07) is 10.9. The van der Waals surface area contributed by atoms with Crippen LogP contribution in [0.5, 0.6) is 0 Å². The van der Waals surface area contributed by atoms with Gasteiger partial charge in [0, 0.05) is 11.4 Å². The van der Waals surface area contributed by atoms with E-state index in [0.29, 0.717) is 5.41 Å². The Hall–Kier alpha value is -0.470. The third-order valence-corrected chi connectivity index (χ3v) is 6.17. The van der Waals surface area contributed by atoms with E-state index in [1.165, 1.54) is 49.4 Å². The van der Waals surface area contributed by atoms with E-state index in [-0.39, 0.29) is 0 Å². The Kier molecular flexibility index (Phi) is 4.96. The van der Waals surface area contributed by atoms with E-state index >= 15 is 0 Å². The third-order valence-electron chi connectivity index (χ3n) is 5.16. The van der Waals surface area contributed by atoms with Gasteiger partial charge in [-0.1, -0.05) is 32.0 Å². The predicted molar refractivity (Wildman–Crippen MR) is 92.8 cm³/mol. The zero-order valence-corrected chi connectivity index (χ0v) is 14.3. The lowest BCUT2D eigenvalue weighted by atomic mass is 9.80. The maximum absolute atomic E-state index is 3.75. The molecule has 0 spiro atoms. The largest absolute Gasteiger partial charge is 0.316 e. The summed E-state index contributed by atoms with van der Waals surface area (Å²) in [5.41, 5.74) is 0.601. The van der Waals surface area contributed by atoms with Gasteiger partial charge in [0.25, 0.3) is 0 Å². The molecule has 0 heterocycles. The molecule has 0 bridgehead atoms. The fourth-order valence-electron chi connectivity index (χ4n) is 3.97. The maximum atomic E-state index is 3.75. The molecule has 0 radical (unpaired) electrons. The van der Waals surface area contributed by atoms with Gasteiger partial charge < -0.3 is 5.32 Å². The first-order valence-corrected chi connectivity index (χ1v) is 9.54. The van der Waals surface area contributed by atoms with Crippen LogP contribution in [0.2, 0.25) is 0 Å². The van der Waals surface area contributed by atoms with E-state index in [1.54, 1.807) is 0 Å². The van der Waals surface area contributed by atoms with Gasteiger partial charge in [0.2, 0.25) is 0 Å². The zero-order chi connectivity index (χ0) is 14.7. The molecule has 2 aliphatic carbocycles. The highest BCUT2D eigenvalue weighted by molar-refractivity contribution is 7.99. The maximum Gasteiger partial charge on any atom is 0.00719 e. The van der Waals surface area contributed by atoms with Crippen LogP contribution in [-0.4, -0.2) is 18.8 Å². The van der Waals surface area contributed by atoms with Gasteiger partial charge in [-0.05, 0) is 73.3 Å². The summed E-state index contributed by atoms with van der Waals surface area (Å²) in [5, 5.41) is 3.75. The van der Waals surface area contributed by atoms with Crippen molar-refractivity contribution >= 4 is 11.8 Å². The van der Waals surface area contributed by atoms with Crippen LogP contribution in [0, 0.1) is 23.2 Å². The van der Waals surface area contributed by atoms with Crippen LogP contribution in [0.3, 0.4) is 0 Å². The molecule has 1 aromatic carbocycles. The first kappa shape index (κ1) is 15.4. The molecule has 2 heteroatoms. The molecule has 116 valence electrons. The normalized spacial score (nSPS) is 30.6. The molecular formula is C19H29NS. The van der Waals surface area contributed by atoms with Crippen molar-refractivity contribution in [3.05, 3.63) is 30.3 Å². The summed E-state index contributed by atoms with van der Waals surface area (Å²) >= 11 is 2.03. The average molecular weight is 304 g/mol. The van der Waals surface area contributed by atoms with Gasteiger partial charge in [-0.3, -0.25) is 0 Å². The lowest BCUT2D eigenvalue weighted by molar-refractivity contribution is 0.239. The minimum atomic E-state index is 0.601. The van der Waals surface area contributed by atoms with Crippen LogP contribution in [0.1, 0.15) is 39.5 Å². The van der Waals surface area contributed by atoms with Crippen LogP contribution in [0.15, 0.2) is 35.2 Å². The minimum Gasteiger partial charge on any atom is -0.316 e. The first-order valence-electron chi connectivity index (χ1n) is 8.55. The van der Waals surface area contributed by atoms with Crippen LogP contribution < -0.4 is 5.32 Å². The number of hydrogen-bond donors (Lipinski definition) is 1. The fraction of sp³-hybridized carbons (Fsp3) is 0.684. The Morgan fingerprint density at radius 2 is 1.90 bits per heavy atom. The van der Waals surface area contributed by atoms with Crippen molar-refractivity contribution in [3.8, 4) is 0 Å². The number of thioether (sulfide) groups is 1. The van der Waals surface area contributed by atoms with E-state index < -0.39 is 0 Å². The Morgan fingerprint density at radius 1 is 1.19 bits per heavy atom. The molecule has 2 aliphatic rings. The van der Waals surface area contributed by atoms with Crippen LogP contribution in [0.25, 0.3) is 0 Å². The van der Waals surface area contributed by atoms with Crippen LogP contribution in [-0.2, 0) is 0 Å². The lowest BCUT2D eigenvalue weighted by Crippen LogP contribution is -2.35. The van der Waals surface area contributed by atoms with Crippen molar-refractivity contribution in [2.24, 2.45) is 23.2 Å². The topological polar surface area (TPSA) is 12.0 Å². The monoisotopic (exact) mass is 303 g/mol. The third kappa shape index (κ3) is 4.26. The lowest BCUT2D eigenvalue weighted by Gasteiger charge is -2.32. The molecule has 2 fully saturated rings. The quantitative estimate of drug-likeness (QED) is 0.690. The van der Waals surface area contributed by atoms with E-state index in [4.69, 9.17) is 0 Å². The molecule has 0 saturated heterocycles. The number of benzene rings is 1. The number of rotatable bonds is 8. The smallest absolute Gasteiger partial charge is 0.00719 e. The summed E-state index contributed by atoms with van der Waals surface area (Å²) in [6.07, 6.45) is 5.87. The Morgan fingerprint density at radius 3 is 2.57 bits per heavy atom. The summed E-state index contributed by atoms with van der Waals surface area (Å²) in [5.74, 6) is 4.18. The Bertz CT molecular complexity index is 432. The van der Waals surface area contributed by atoms with Gasteiger partial charge in [-0.2, -0.15) is 0 Å². The molecule has 1 N–H and O–H groups in total. The predicted octanol–water partition coefficient (Wildman–Crippen LogP) is 4.83. The molecule has 2 saturated carbocycles. The second-order valence-corrected chi connectivity index (χ2v) is 8.77. The second kappa shape index (κ2) is 6.75. The fourth-order valence-corrected chi connectivity index (χ4v) is 5.09. The van der Waals surface area contributed by atoms with Crippen molar-refractivity contribution in [2.75, 3.05) is 18.8 Å². The van der Waals surface area contributed by atoms with Crippen molar-refractivity contribution in [1.82, 2.24) is 5.32 Å². The molecule has 3 rings (SSSR count). The minimum absolute atomic E-state index is 0.601. The van der Waals surface area contributed by atoms with Crippen molar-refractivity contribution in [1.29, 1.82) is 0 Å². The summed E-state index contributed by atoms with van der Waals surface area (Å²) in [7, 11) is 0. The number of fused-ring (bicyclic) bond motifs is 1. The molecule has 1 nitrogen and oxygen atoms in total. The standard InChI is InChI=1S/C19H29NS/c1-15(2)13-20-14-19(11-16-10-17(16)12-19)8-9-21-18-6-4-3-5-7-18/h3-7,15-17,20H,8-14H2,1-2H3. The molecule has 0 aromatic heterocycles. The van der Waals surface area contributed by atoms with Crippen molar-refractivity contribution < 1.29 is 0 Å². The molecule has 21 heavy (non-hydrogen) atoms. The SMILES string of the molecule is CC(C)CNCC1(CCSc2ccccc2)CC2CC2C1. The van der Waals surface area contributed by atoms with Gasteiger partial charge in [0.1, 0.15) is 0 Å². The Balaban J connectivity index is 1.48. The van der Waals surface area contributed by atoms with Crippen molar-refractivity contribution in [2.45, 2.75) is 44.4 Å². The molecule has 0 aliphatic heterocycles. The van der Waals surface area contributed by atoms with Gasteiger partial charge in [-0.25, -0.2) is 0 Å². The highest BCUT2D eigenvalue weighted by Gasteiger charge is 2.52. The van der Waals surface area contributed by atoms with E-state index in [0.717, 1.165) is 17.8 Å². The number of hydrogen-bond acceptors (Lipinski definition) is 2. The zero-order valence-electron chi connectivity index (χ0n) is 13.5. The number of nitrogens with one attached hydrogen (secondary N) is 1. The van der Waals surface area contributed by atoms with Crippen molar-refractivity contribution in [3.63, 3.8) is 0 Å². The highest BCUT2D eigenvalue weighted by Crippen LogP contribution is 2.61. The first-order chi connectivity index (χ1) is 10.2. The van der Waals surface area contributed by atoms with E-state index in [2.05, 4.69) is 49.5 Å². The van der Waals surface area contributed by atoms with Gasteiger partial charge in [0.15, 0.2) is 0 Å². The second-order valence-electron chi connectivity index (χ2n) is 7.60. The summed E-state index contributed by atoms with van der Waals surface area (Å²) in [4.78, 5) is 1.42. The van der Waals surface area contributed by atoms with Gasteiger partial charge >= 0.3 is 0 Å². The molecular weight excluding hydrogens is 274 g/mol. The van der Waals surface area contributed by atoms with Gasteiger partial charge in [0.05, 0.1) is 0 Å². The Labute approximate surface area is 134 Å².